The summed E-state index contributed by atoms with van der Waals surface area (Å²) in [5.74, 6) is -1.14. The van der Waals surface area contributed by atoms with Crippen LogP contribution in [0, 0.1) is 5.82 Å². The summed E-state index contributed by atoms with van der Waals surface area (Å²) in [6.45, 7) is 0.918. The minimum atomic E-state index is -0.536. The van der Waals surface area contributed by atoms with Gasteiger partial charge in [-0.15, -0.1) is 0 Å². The fraction of sp³-hybridized carbons (Fsp3) is 0.294. The zero-order valence-corrected chi connectivity index (χ0v) is 13.5. The van der Waals surface area contributed by atoms with Crippen molar-refractivity contribution in [3.63, 3.8) is 0 Å². The van der Waals surface area contributed by atoms with Gasteiger partial charge in [0.25, 0.3) is 5.91 Å². The second-order valence-corrected chi connectivity index (χ2v) is 5.53. The zero-order chi connectivity index (χ0) is 17.8. The third-order valence-corrected chi connectivity index (χ3v) is 3.85. The van der Waals surface area contributed by atoms with Crippen LogP contribution in [0.5, 0.6) is 6.01 Å². The van der Waals surface area contributed by atoms with E-state index in [0.717, 1.165) is 12.4 Å². The molecule has 7 nitrogen and oxygen atoms in total. The van der Waals surface area contributed by atoms with Crippen LogP contribution < -0.4 is 4.74 Å². The molecule has 0 spiro atoms. The summed E-state index contributed by atoms with van der Waals surface area (Å²) in [7, 11) is 1.30. The summed E-state index contributed by atoms with van der Waals surface area (Å²) < 4.78 is 23.0. The number of methoxy groups -OCH3 is 1. The van der Waals surface area contributed by atoms with Gasteiger partial charge in [0.15, 0.2) is 5.82 Å². The molecule has 8 heteroatoms. The SMILES string of the molecule is COC(=O)c1ccc(C(=O)N2CC[C@@H](Oc3ncc(F)cn3)C2)cc1. The number of ether oxygens (including phenoxy) is 2. The molecule has 1 aromatic carbocycles. The highest BCUT2D eigenvalue weighted by molar-refractivity contribution is 5.96. The van der Waals surface area contributed by atoms with E-state index in [1.54, 1.807) is 29.2 Å². The van der Waals surface area contributed by atoms with E-state index in [1.165, 1.54) is 7.11 Å². The van der Waals surface area contributed by atoms with E-state index in [4.69, 9.17) is 4.74 Å². The number of benzene rings is 1. The molecule has 3 rings (SSSR count). The van der Waals surface area contributed by atoms with E-state index in [-0.39, 0.29) is 18.0 Å². The van der Waals surface area contributed by atoms with E-state index >= 15 is 0 Å². The Balaban J connectivity index is 1.60. The topological polar surface area (TPSA) is 81.6 Å². The lowest BCUT2D eigenvalue weighted by atomic mass is 10.1. The smallest absolute Gasteiger partial charge is 0.337 e. The van der Waals surface area contributed by atoms with Gasteiger partial charge in [0.1, 0.15) is 6.10 Å². The number of aromatic nitrogens is 2. The standard InChI is InChI=1S/C17H16FN3O4/c1-24-16(23)12-4-2-11(3-5-12)15(22)21-7-6-14(10-21)25-17-19-8-13(18)9-20-17/h2-5,8-9,14H,6-7,10H2,1H3/t14-/m1/s1. The van der Waals surface area contributed by atoms with Crippen LogP contribution in [-0.2, 0) is 4.74 Å². The third kappa shape index (κ3) is 3.90. The summed E-state index contributed by atoms with van der Waals surface area (Å²) >= 11 is 0. The van der Waals surface area contributed by atoms with E-state index in [0.29, 0.717) is 30.6 Å². The van der Waals surface area contributed by atoms with Crippen molar-refractivity contribution in [2.45, 2.75) is 12.5 Å². The Labute approximate surface area is 143 Å². The normalized spacial score (nSPS) is 16.6. The van der Waals surface area contributed by atoms with Crippen LogP contribution in [-0.4, -0.2) is 53.0 Å². The first-order valence-corrected chi connectivity index (χ1v) is 7.68. The van der Waals surface area contributed by atoms with Gasteiger partial charge in [-0.2, -0.15) is 0 Å². The number of halogens is 1. The van der Waals surface area contributed by atoms with Gasteiger partial charge in [-0.1, -0.05) is 0 Å². The zero-order valence-electron chi connectivity index (χ0n) is 13.5. The molecule has 25 heavy (non-hydrogen) atoms. The number of hydrogen-bond donors (Lipinski definition) is 0. The molecule has 1 amide bonds. The first-order valence-electron chi connectivity index (χ1n) is 7.68. The number of hydrogen-bond acceptors (Lipinski definition) is 6. The number of amides is 1. The molecule has 2 heterocycles. The first-order chi connectivity index (χ1) is 12.1. The van der Waals surface area contributed by atoms with Crippen molar-refractivity contribution in [2.75, 3.05) is 20.2 Å². The number of carbonyl (C=O) groups excluding carboxylic acids is 2. The van der Waals surface area contributed by atoms with Crippen molar-refractivity contribution in [1.82, 2.24) is 14.9 Å². The van der Waals surface area contributed by atoms with E-state index in [9.17, 15) is 14.0 Å². The van der Waals surface area contributed by atoms with Crippen molar-refractivity contribution in [3.05, 3.63) is 53.6 Å². The van der Waals surface area contributed by atoms with Crippen LogP contribution in [0.2, 0.25) is 0 Å². The highest BCUT2D eigenvalue weighted by atomic mass is 19.1. The van der Waals surface area contributed by atoms with Gasteiger partial charge < -0.3 is 14.4 Å². The monoisotopic (exact) mass is 345 g/mol. The minimum Gasteiger partial charge on any atom is -0.465 e. The maximum absolute atomic E-state index is 12.8. The molecule has 0 aliphatic carbocycles. The average molecular weight is 345 g/mol. The second kappa shape index (κ2) is 7.25. The highest BCUT2D eigenvalue weighted by Crippen LogP contribution is 2.18. The molecule has 130 valence electrons. The molecule has 2 aromatic rings. The summed E-state index contributed by atoms with van der Waals surface area (Å²) in [5.41, 5.74) is 0.862. The molecule has 1 atom stereocenters. The van der Waals surface area contributed by atoms with Crippen molar-refractivity contribution in [3.8, 4) is 6.01 Å². The highest BCUT2D eigenvalue weighted by Gasteiger charge is 2.29. The third-order valence-electron chi connectivity index (χ3n) is 3.85. The number of likely N-dealkylation sites (tertiary alicyclic amines) is 1. The maximum atomic E-state index is 12.8. The Hall–Kier alpha value is -3.03. The van der Waals surface area contributed by atoms with E-state index < -0.39 is 11.8 Å². The molecular formula is C17H16FN3O4. The van der Waals surface area contributed by atoms with Gasteiger partial charge in [-0.3, -0.25) is 4.79 Å². The Kier molecular flexibility index (Phi) is 4.87. The molecule has 1 aromatic heterocycles. The van der Waals surface area contributed by atoms with Gasteiger partial charge in [-0.25, -0.2) is 19.2 Å². The molecule has 0 N–H and O–H groups in total. The van der Waals surface area contributed by atoms with Gasteiger partial charge in [0.05, 0.1) is 31.6 Å². The fourth-order valence-electron chi connectivity index (χ4n) is 2.57. The molecular weight excluding hydrogens is 329 g/mol. The van der Waals surface area contributed by atoms with E-state index in [2.05, 4.69) is 14.7 Å². The molecule has 0 unspecified atom stereocenters. The summed E-state index contributed by atoms with van der Waals surface area (Å²) in [5, 5.41) is 0. The minimum absolute atomic E-state index is 0.0862. The number of rotatable bonds is 4. The van der Waals surface area contributed by atoms with Gasteiger partial charge >= 0.3 is 12.0 Å². The number of esters is 1. The van der Waals surface area contributed by atoms with Crippen LogP contribution >= 0.6 is 0 Å². The Morgan fingerprint density at radius 3 is 2.44 bits per heavy atom. The van der Waals surface area contributed by atoms with Crippen LogP contribution in [0.15, 0.2) is 36.7 Å². The number of nitrogens with zero attached hydrogens (tertiary/aromatic N) is 3. The van der Waals surface area contributed by atoms with Gasteiger partial charge in [0.2, 0.25) is 0 Å². The van der Waals surface area contributed by atoms with Crippen LogP contribution in [0.4, 0.5) is 4.39 Å². The van der Waals surface area contributed by atoms with Crippen LogP contribution in [0.1, 0.15) is 27.1 Å². The Morgan fingerprint density at radius 2 is 1.80 bits per heavy atom. The van der Waals surface area contributed by atoms with E-state index in [1.807, 2.05) is 0 Å². The quantitative estimate of drug-likeness (QED) is 0.785. The fourth-order valence-corrected chi connectivity index (χ4v) is 2.57. The van der Waals surface area contributed by atoms with Gasteiger partial charge in [-0.05, 0) is 24.3 Å². The lowest BCUT2D eigenvalue weighted by molar-refractivity contribution is 0.0600. The maximum Gasteiger partial charge on any atom is 0.337 e. The predicted octanol–water partition coefficient (Wildman–Crippen LogP) is 1.70. The van der Waals surface area contributed by atoms with Crippen molar-refractivity contribution >= 4 is 11.9 Å². The lowest BCUT2D eigenvalue weighted by Gasteiger charge is -2.16. The molecule has 1 fully saturated rings. The summed E-state index contributed by atoms with van der Waals surface area (Å²) in [4.78, 5) is 33.1. The lowest BCUT2D eigenvalue weighted by Crippen LogP contribution is -2.31. The predicted molar refractivity (Wildman–Crippen MR) is 84.7 cm³/mol. The van der Waals surface area contributed by atoms with Crippen molar-refractivity contribution < 1.29 is 23.5 Å². The van der Waals surface area contributed by atoms with Crippen molar-refractivity contribution in [2.24, 2.45) is 0 Å². The molecule has 0 saturated carbocycles. The van der Waals surface area contributed by atoms with Crippen LogP contribution in [0.3, 0.4) is 0 Å². The molecule has 1 aliphatic rings. The largest absolute Gasteiger partial charge is 0.465 e. The molecule has 1 aliphatic heterocycles. The summed E-state index contributed by atoms with van der Waals surface area (Å²) in [6, 6.07) is 6.37. The Bertz CT molecular complexity index is 764. The molecule has 0 radical (unpaired) electrons. The average Bonchev–Trinajstić information content (AvgIpc) is 3.11. The number of carbonyl (C=O) groups is 2. The van der Waals surface area contributed by atoms with Gasteiger partial charge in [0, 0.05) is 18.5 Å². The van der Waals surface area contributed by atoms with Crippen LogP contribution in [0.25, 0.3) is 0 Å². The molecule has 1 saturated heterocycles. The molecule has 0 bridgehead atoms. The summed E-state index contributed by atoms with van der Waals surface area (Å²) in [6.07, 6.45) is 2.45. The Morgan fingerprint density at radius 1 is 1.16 bits per heavy atom. The first kappa shape index (κ1) is 16.8. The van der Waals surface area contributed by atoms with Crippen molar-refractivity contribution in [1.29, 1.82) is 0 Å². The second-order valence-electron chi connectivity index (χ2n) is 5.53.